The van der Waals surface area contributed by atoms with E-state index < -0.39 is 0 Å². The van der Waals surface area contributed by atoms with Crippen LogP contribution in [0.5, 0.6) is 0 Å². The van der Waals surface area contributed by atoms with Gasteiger partial charge in [0.15, 0.2) is 0 Å². The van der Waals surface area contributed by atoms with Crippen LogP contribution >= 0.6 is 0 Å². The second-order valence-corrected chi connectivity index (χ2v) is 9.00. The Balaban J connectivity index is 1.50. The molecule has 164 valence electrons. The normalized spacial score (nSPS) is 11.4. The molecule has 1 nitrogen and oxygen atoms in total. The lowest BCUT2D eigenvalue weighted by atomic mass is 9.99. The molecule has 35 heavy (non-hydrogen) atoms. The Morgan fingerprint density at radius 3 is 1.86 bits per heavy atom. The van der Waals surface area contributed by atoms with Crippen molar-refractivity contribution in [2.24, 2.45) is 0 Å². The Morgan fingerprint density at radius 2 is 1.00 bits per heavy atom. The van der Waals surface area contributed by atoms with E-state index in [0.29, 0.717) is 0 Å². The van der Waals surface area contributed by atoms with E-state index in [2.05, 4.69) is 144 Å². The van der Waals surface area contributed by atoms with Crippen LogP contribution in [0.15, 0.2) is 140 Å². The lowest BCUT2D eigenvalue weighted by Crippen LogP contribution is -1.97. The molecule has 0 aliphatic heterocycles. The molecule has 1 aromatic heterocycles. The van der Waals surface area contributed by atoms with Crippen LogP contribution in [-0.4, -0.2) is 4.57 Å². The maximum Gasteiger partial charge on any atom is 0.0619 e. The van der Waals surface area contributed by atoms with E-state index in [4.69, 9.17) is 0 Å². The van der Waals surface area contributed by atoms with Gasteiger partial charge in [-0.2, -0.15) is 0 Å². The van der Waals surface area contributed by atoms with Crippen LogP contribution in [0.1, 0.15) is 0 Å². The Kier molecular flexibility index (Phi) is 4.53. The van der Waals surface area contributed by atoms with E-state index in [1.54, 1.807) is 0 Å². The highest BCUT2D eigenvalue weighted by Gasteiger charge is 2.17. The van der Waals surface area contributed by atoms with Crippen molar-refractivity contribution in [3.05, 3.63) is 140 Å². The monoisotopic (exact) mass is 445 g/mol. The predicted molar refractivity (Wildman–Crippen MR) is 149 cm³/mol. The van der Waals surface area contributed by atoms with Crippen molar-refractivity contribution in [2.45, 2.75) is 0 Å². The summed E-state index contributed by atoms with van der Waals surface area (Å²) in [4.78, 5) is 0. The highest BCUT2D eigenvalue weighted by Crippen LogP contribution is 2.39. The standard InChI is InChI=1S/C34H23N/c1-2-10-24(11-3-1)25-18-20-27(21-19-25)28-13-6-8-16-32(28)35-33-17-9-7-15-30(33)31-23-22-26-12-4-5-14-29(26)34(31)35/h1-23H. The second-order valence-electron chi connectivity index (χ2n) is 9.00. The van der Waals surface area contributed by atoms with Gasteiger partial charge in [0.05, 0.1) is 16.7 Å². The van der Waals surface area contributed by atoms with Crippen molar-refractivity contribution in [1.82, 2.24) is 4.57 Å². The van der Waals surface area contributed by atoms with Crippen LogP contribution in [0.3, 0.4) is 0 Å². The van der Waals surface area contributed by atoms with Gasteiger partial charge in [0.1, 0.15) is 0 Å². The minimum Gasteiger partial charge on any atom is -0.308 e. The van der Waals surface area contributed by atoms with Crippen LogP contribution < -0.4 is 0 Å². The largest absolute Gasteiger partial charge is 0.308 e. The number of aromatic nitrogens is 1. The van der Waals surface area contributed by atoms with Crippen molar-refractivity contribution in [2.75, 3.05) is 0 Å². The van der Waals surface area contributed by atoms with Crippen LogP contribution in [0.4, 0.5) is 0 Å². The van der Waals surface area contributed by atoms with Gasteiger partial charge in [0.2, 0.25) is 0 Å². The molecule has 7 aromatic rings. The lowest BCUT2D eigenvalue weighted by Gasteiger charge is -2.15. The summed E-state index contributed by atoms with van der Waals surface area (Å²) in [5.41, 5.74) is 8.59. The summed E-state index contributed by atoms with van der Waals surface area (Å²) >= 11 is 0. The summed E-state index contributed by atoms with van der Waals surface area (Å²) in [7, 11) is 0. The fourth-order valence-corrected chi connectivity index (χ4v) is 5.37. The van der Waals surface area contributed by atoms with Crippen LogP contribution in [0, 0.1) is 0 Å². The smallest absolute Gasteiger partial charge is 0.0619 e. The van der Waals surface area contributed by atoms with Gasteiger partial charge in [-0.05, 0) is 34.2 Å². The predicted octanol–water partition coefficient (Wildman–Crippen LogP) is 9.27. The zero-order valence-electron chi connectivity index (χ0n) is 19.2. The first-order chi connectivity index (χ1) is 17.4. The zero-order valence-corrected chi connectivity index (χ0v) is 19.2. The molecule has 0 bridgehead atoms. The fourth-order valence-electron chi connectivity index (χ4n) is 5.37. The van der Waals surface area contributed by atoms with Crippen molar-refractivity contribution in [1.29, 1.82) is 0 Å². The highest BCUT2D eigenvalue weighted by molar-refractivity contribution is 6.18. The van der Waals surface area contributed by atoms with E-state index in [1.165, 1.54) is 60.5 Å². The number of hydrogen-bond donors (Lipinski definition) is 0. The Hall–Kier alpha value is -4.62. The van der Waals surface area contributed by atoms with Crippen LogP contribution in [-0.2, 0) is 0 Å². The van der Waals surface area contributed by atoms with Gasteiger partial charge in [-0.25, -0.2) is 0 Å². The molecule has 0 saturated heterocycles. The summed E-state index contributed by atoms with van der Waals surface area (Å²) in [5, 5.41) is 5.10. The molecule has 0 spiro atoms. The summed E-state index contributed by atoms with van der Waals surface area (Å²) in [6.45, 7) is 0. The van der Waals surface area contributed by atoms with Gasteiger partial charge in [0, 0.05) is 21.7 Å². The molecule has 0 saturated carbocycles. The first-order valence-electron chi connectivity index (χ1n) is 12.0. The summed E-state index contributed by atoms with van der Waals surface area (Å²) < 4.78 is 2.45. The van der Waals surface area contributed by atoms with Crippen LogP contribution in [0.2, 0.25) is 0 Å². The molecule has 0 radical (unpaired) electrons. The molecule has 0 fully saturated rings. The molecule has 1 heteroatoms. The quantitative estimate of drug-likeness (QED) is 0.255. The number of fused-ring (bicyclic) bond motifs is 5. The third kappa shape index (κ3) is 3.17. The molecule has 0 amide bonds. The van der Waals surface area contributed by atoms with Gasteiger partial charge < -0.3 is 4.57 Å². The minimum absolute atomic E-state index is 1.20. The highest BCUT2D eigenvalue weighted by atomic mass is 15.0. The maximum absolute atomic E-state index is 2.45. The topological polar surface area (TPSA) is 4.93 Å². The number of nitrogens with zero attached hydrogens (tertiary/aromatic N) is 1. The molecule has 0 N–H and O–H groups in total. The molecule has 0 aliphatic carbocycles. The van der Waals surface area contributed by atoms with E-state index in [1.807, 2.05) is 0 Å². The Morgan fingerprint density at radius 1 is 0.371 bits per heavy atom. The summed E-state index contributed by atoms with van der Waals surface area (Å²) in [6, 6.07) is 50.2. The van der Waals surface area contributed by atoms with Crippen molar-refractivity contribution < 1.29 is 0 Å². The number of rotatable bonds is 3. The number of benzene rings is 6. The SMILES string of the molecule is c1ccc(-c2ccc(-c3ccccc3-n3c4ccccc4c4ccc5ccccc5c43)cc2)cc1. The fraction of sp³-hybridized carbons (Fsp3) is 0. The summed E-state index contributed by atoms with van der Waals surface area (Å²) in [5.74, 6) is 0. The Bertz CT molecular complexity index is 1820. The molecule has 0 atom stereocenters. The number of hydrogen-bond acceptors (Lipinski definition) is 0. The minimum atomic E-state index is 1.20. The third-order valence-electron chi connectivity index (χ3n) is 7.01. The van der Waals surface area contributed by atoms with E-state index >= 15 is 0 Å². The molecule has 7 rings (SSSR count). The Labute approximate surface area is 204 Å². The van der Waals surface area contributed by atoms with Crippen molar-refractivity contribution >= 4 is 32.6 Å². The first-order valence-corrected chi connectivity index (χ1v) is 12.0. The molecule has 0 unspecified atom stereocenters. The van der Waals surface area contributed by atoms with Gasteiger partial charge in [-0.1, -0.05) is 127 Å². The molecule has 6 aromatic carbocycles. The molecular weight excluding hydrogens is 422 g/mol. The van der Waals surface area contributed by atoms with Crippen molar-refractivity contribution in [3.63, 3.8) is 0 Å². The van der Waals surface area contributed by atoms with Gasteiger partial charge in [0.25, 0.3) is 0 Å². The first kappa shape index (κ1) is 19.8. The third-order valence-corrected chi connectivity index (χ3v) is 7.01. The second kappa shape index (κ2) is 8.00. The van der Waals surface area contributed by atoms with E-state index in [9.17, 15) is 0 Å². The molecular formula is C34H23N. The number of para-hydroxylation sites is 2. The van der Waals surface area contributed by atoms with Crippen molar-refractivity contribution in [3.8, 4) is 27.9 Å². The van der Waals surface area contributed by atoms with Gasteiger partial charge in [-0.15, -0.1) is 0 Å². The van der Waals surface area contributed by atoms with Gasteiger partial charge in [-0.3, -0.25) is 0 Å². The van der Waals surface area contributed by atoms with E-state index in [-0.39, 0.29) is 0 Å². The van der Waals surface area contributed by atoms with E-state index in [0.717, 1.165) is 0 Å². The molecule has 1 heterocycles. The summed E-state index contributed by atoms with van der Waals surface area (Å²) in [6.07, 6.45) is 0. The zero-order chi connectivity index (χ0) is 23.2. The van der Waals surface area contributed by atoms with Gasteiger partial charge >= 0.3 is 0 Å². The van der Waals surface area contributed by atoms with Crippen LogP contribution in [0.25, 0.3) is 60.5 Å². The average molecular weight is 446 g/mol. The maximum atomic E-state index is 2.45. The lowest BCUT2D eigenvalue weighted by molar-refractivity contribution is 1.19. The molecule has 0 aliphatic rings. The average Bonchev–Trinajstić information content (AvgIpc) is 3.28.